The summed E-state index contributed by atoms with van der Waals surface area (Å²) < 4.78 is 0. The summed E-state index contributed by atoms with van der Waals surface area (Å²) in [5, 5.41) is 9.43. The predicted molar refractivity (Wildman–Crippen MR) is 50.8 cm³/mol. The molecule has 2 heteroatoms. The normalized spacial score (nSPS) is 10.1. The van der Waals surface area contributed by atoms with Gasteiger partial charge in [0.25, 0.3) is 0 Å². The summed E-state index contributed by atoms with van der Waals surface area (Å²) >= 11 is 0. The Labute approximate surface area is 74.3 Å². The Morgan fingerprint density at radius 1 is 1.25 bits per heavy atom. The van der Waals surface area contributed by atoms with Crippen LogP contribution in [0.2, 0.25) is 0 Å². The topological polar surface area (TPSA) is 33.1 Å². The molecule has 0 bridgehead atoms. The van der Waals surface area contributed by atoms with E-state index in [1.165, 1.54) is 0 Å². The molecular weight excluding hydrogens is 150 g/mol. The standard InChI is InChI=1S/C8H11NO.C2H6/c1-8(2,10)7-5-3-4-6-9-7;1-2/h3-6,10H,1-2H3;1-2H3. The quantitative estimate of drug-likeness (QED) is 0.696. The minimum atomic E-state index is -0.818. The first-order valence-electron chi connectivity index (χ1n) is 4.24. The van der Waals surface area contributed by atoms with Crippen LogP contribution >= 0.6 is 0 Å². The zero-order chi connectivity index (χ0) is 9.61. The van der Waals surface area contributed by atoms with Crippen LogP contribution in [0.25, 0.3) is 0 Å². The third-order valence-electron chi connectivity index (χ3n) is 1.29. The third kappa shape index (κ3) is 3.49. The fourth-order valence-electron chi connectivity index (χ4n) is 0.725. The first-order valence-corrected chi connectivity index (χ1v) is 4.24. The van der Waals surface area contributed by atoms with E-state index in [1.54, 1.807) is 26.1 Å². The lowest BCUT2D eigenvalue weighted by atomic mass is 10.1. The molecule has 2 nitrogen and oxygen atoms in total. The molecule has 12 heavy (non-hydrogen) atoms. The van der Waals surface area contributed by atoms with E-state index in [0.29, 0.717) is 5.69 Å². The van der Waals surface area contributed by atoms with Crippen molar-refractivity contribution in [2.45, 2.75) is 33.3 Å². The molecule has 0 fully saturated rings. The smallest absolute Gasteiger partial charge is 0.101 e. The van der Waals surface area contributed by atoms with Crippen LogP contribution in [-0.2, 0) is 5.60 Å². The Morgan fingerprint density at radius 2 is 1.83 bits per heavy atom. The summed E-state index contributed by atoms with van der Waals surface area (Å²) in [6.07, 6.45) is 1.67. The van der Waals surface area contributed by atoms with Crippen molar-refractivity contribution in [3.8, 4) is 0 Å². The van der Waals surface area contributed by atoms with E-state index in [-0.39, 0.29) is 0 Å². The molecule has 0 aliphatic heterocycles. The van der Waals surface area contributed by atoms with E-state index in [0.717, 1.165) is 0 Å². The Balaban J connectivity index is 0.000000561. The van der Waals surface area contributed by atoms with E-state index in [2.05, 4.69) is 4.98 Å². The van der Waals surface area contributed by atoms with Crippen LogP contribution in [0.3, 0.4) is 0 Å². The largest absolute Gasteiger partial charge is 0.384 e. The van der Waals surface area contributed by atoms with E-state index in [1.807, 2.05) is 26.0 Å². The maximum absolute atomic E-state index is 9.43. The summed E-state index contributed by atoms with van der Waals surface area (Å²) in [6, 6.07) is 5.50. The number of aromatic nitrogens is 1. The monoisotopic (exact) mass is 167 g/mol. The number of nitrogens with zero attached hydrogens (tertiary/aromatic N) is 1. The minimum Gasteiger partial charge on any atom is -0.384 e. The number of rotatable bonds is 1. The molecular formula is C10H17NO. The van der Waals surface area contributed by atoms with Gasteiger partial charge in [0, 0.05) is 6.20 Å². The highest BCUT2D eigenvalue weighted by Gasteiger charge is 2.15. The van der Waals surface area contributed by atoms with Gasteiger partial charge in [0.15, 0.2) is 0 Å². The van der Waals surface area contributed by atoms with Gasteiger partial charge in [-0.2, -0.15) is 0 Å². The van der Waals surface area contributed by atoms with Gasteiger partial charge >= 0.3 is 0 Å². The molecule has 1 N–H and O–H groups in total. The SMILES string of the molecule is CC.CC(C)(O)c1ccccn1. The van der Waals surface area contributed by atoms with Gasteiger partial charge in [-0.25, -0.2) is 0 Å². The van der Waals surface area contributed by atoms with Crippen LogP contribution in [0.1, 0.15) is 33.4 Å². The summed E-state index contributed by atoms with van der Waals surface area (Å²) in [5.74, 6) is 0. The molecule has 0 aromatic carbocycles. The second-order valence-corrected chi connectivity index (χ2v) is 2.77. The van der Waals surface area contributed by atoms with Crippen LogP contribution < -0.4 is 0 Å². The van der Waals surface area contributed by atoms with Gasteiger partial charge in [0.1, 0.15) is 5.60 Å². The molecule has 0 aliphatic carbocycles. The molecule has 1 aromatic rings. The highest BCUT2D eigenvalue weighted by Crippen LogP contribution is 2.15. The first-order chi connectivity index (χ1) is 5.61. The third-order valence-corrected chi connectivity index (χ3v) is 1.29. The molecule has 1 heterocycles. The Bertz CT molecular complexity index is 201. The summed E-state index contributed by atoms with van der Waals surface area (Å²) in [6.45, 7) is 7.44. The van der Waals surface area contributed by atoms with Crippen LogP contribution in [0.5, 0.6) is 0 Å². The highest BCUT2D eigenvalue weighted by molar-refractivity contribution is 5.09. The Morgan fingerprint density at radius 3 is 2.08 bits per heavy atom. The van der Waals surface area contributed by atoms with E-state index >= 15 is 0 Å². The maximum Gasteiger partial charge on any atom is 0.101 e. The van der Waals surface area contributed by atoms with Crippen LogP contribution in [0, 0.1) is 0 Å². The molecule has 0 atom stereocenters. The van der Waals surface area contributed by atoms with Gasteiger partial charge in [-0.15, -0.1) is 0 Å². The Hall–Kier alpha value is -0.890. The molecule has 0 saturated heterocycles. The fourth-order valence-corrected chi connectivity index (χ4v) is 0.725. The van der Waals surface area contributed by atoms with Gasteiger partial charge in [-0.3, -0.25) is 4.98 Å². The van der Waals surface area contributed by atoms with Gasteiger partial charge < -0.3 is 5.11 Å². The molecule has 0 saturated carbocycles. The average molecular weight is 167 g/mol. The van der Waals surface area contributed by atoms with Crippen molar-refractivity contribution in [3.05, 3.63) is 30.1 Å². The fraction of sp³-hybridized carbons (Fsp3) is 0.500. The van der Waals surface area contributed by atoms with Crippen molar-refractivity contribution in [2.24, 2.45) is 0 Å². The Kier molecular flexibility index (Phi) is 4.52. The molecule has 1 rings (SSSR count). The predicted octanol–water partition coefficient (Wildman–Crippen LogP) is 2.34. The highest BCUT2D eigenvalue weighted by atomic mass is 16.3. The van der Waals surface area contributed by atoms with E-state index in [4.69, 9.17) is 0 Å². The zero-order valence-corrected chi connectivity index (χ0v) is 8.20. The lowest BCUT2D eigenvalue weighted by Gasteiger charge is -2.15. The molecule has 0 unspecified atom stereocenters. The van der Waals surface area contributed by atoms with Crippen LogP contribution in [0.4, 0.5) is 0 Å². The summed E-state index contributed by atoms with van der Waals surface area (Å²) in [4.78, 5) is 4.00. The molecule has 0 amide bonds. The maximum atomic E-state index is 9.43. The van der Waals surface area contributed by atoms with Crippen molar-refractivity contribution in [1.29, 1.82) is 0 Å². The van der Waals surface area contributed by atoms with Crippen molar-refractivity contribution >= 4 is 0 Å². The second kappa shape index (κ2) is 4.88. The zero-order valence-electron chi connectivity index (χ0n) is 8.20. The van der Waals surface area contributed by atoms with Crippen molar-refractivity contribution in [1.82, 2.24) is 4.98 Å². The van der Waals surface area contributed by atoms with Gasteiger partial charge in [0.2, 0.25) is 0 Å². The second-order valence-electron chi connectivity index (χ2n) is 2.77. The van der Waals surface area contributed by atoms with Crippen molar-refractivity contribution < 1.29 is 5.11 Å². The van der Waals surface area contributed by atoms with Gasteiger partial charge in [-0.1, -0.05) is 19.9 Å². The van der Waals surface area contributed by atoms with Crippen LogP contribution in [-0.4, -0.2) is 10.1 Å². The van der Waals surface area contributed by atoms with E-state index < -0.39 is 5.60 Å². The minimum absolute atomic E-state index is 0.704. The van der Waals surface area contributed by atoms with Crippen LogP contribution in [0.15, 0.2) is 24.4 Å². The number of pyridine rings is 1. The van der Waals surface area contributed by atoms with Crippen molar-refractivity contribution in [2.75, 3.05) is 0 Å². The van der Waals surface area contributed by atoms with Gasteiger partial charge in [0.05, 0.1) is 5.69 Å². The lowest BCUT2D eigenvalue weighted by Crippen LogP contribution is -2.16. The number of hydrogen-bond acceptors (Lipinski definition) is 2. The van der Waals surface area contributed by atoms with Gasteiger partial charge in [-0.05, 0) is 26.0 Å². The molecule has 0 aliphatic rings. The summed E-state index contributed by atoms with van der Waals surface area (Å²) in [7, 11) is 0. The number of hydrogen-bond donors (Lipinski definition) is 1. The number of aliphatic hydroxyl groups is 1. The lowest BCUT2D eigenvalue weighted by molar-refractivity contribution is 0.0738. The molecule has 0 radical (unpaired) electrons. The molecule has 0 spiro atoms. The van der Waals surface area contributed by atoms with Crippen molar-refractivity contribution in [3.63, 3.8) is 0 Å². The molecule has 1 aromatic heterocycles. The molecule has 68 valence electrons. The summed E-state index contributed by atoms with van der Waals surface area (Å²) in [5.41, 5.74) is -0.114. The first kappa shape index (κ1) is 11.1. The van der Waals surface area contributed by atoms with E-state index in [9.17, 15) is 5.11 Å². The average Bonchev–Trinajstić information content (AvgIpc) is 2.08.